The standard InChI is InChI=1S/C26H37N7/c1-20-12-14-23(15-13-20)21(2)18-28-26(29-19-25-31-30-22(3)33(25)5)27-16-9-17-32(4)24-10-7-6-8-11-24/h6-8,10-15,21H,9,16-19H2,1-5H3,(H2,27,28,29). The van der Waals surface area contributed by atoms with E-state index in [-0.39, 0.29) is 0 Å². The van der Waals surface area contributed by atoms with E-state index in [1.54, 1.807) is 0 Å². The van der Waals surface area contributed by atoms with E-state index < -0.39 is 0 Å². The molecule has 0 aliphatic heterocycles. The number of guanidine groups is 1. The van der Waals surface area contributed by atoms with Gasteiger partial charge in [-0.1, -0.05) is 55.0 Å². The van der Waals surface area contributed by atoms with Gasteiger partial charge >= 0.3 is 0 Å². The number of aliphatic imine (C=N–C) groups is 1. The first kappa shape index (κ1) is 24.3. The second kappa shape index (κ2) is 12.0. The van der Waals surface area contributed by atoms with E-state index in [1.807, 2.05) is 24.6 Å². The molecule has 1 aromatic heterocycles. The Hall–Kier alpha value is -3.35. The number of aromatic nitrogens is 3. The van der Waals surface area contributed by atoms with Gasteiger partial charge in [0.15, 0.2) is 11.8 Å². The van der Waals surface area contributed by atoms with Crippen LogP contribution in [0.15, 0.2) is 59.6 Å². The zero-order valence-electron chi connectivity index (χ0n) is 20.5. The zero-order chi connectivity index (χ0) is 23.6. The second-order valence-corrected chi connectivity index (χ2v) is 8.62. The molecular formula is C26H37N7. The summed E-state index contributed by atoms with van der Waals surface area (Å²) in [6.07, 6.45) is 1.00. The molecule has 1 unspecified atom stereocenters. The quantitative estimate of drug-likeness (QED) is 0.281. The van der Waals surface area contributed by atoms with Crippen LogP contribution >= 0.6 is 0 Å². The van der Waals surface area contributed by atoms with Gasteiger partial charge in [0.2, 0.25) is 0 Å². The minimum absolute atomic E-state index is 0.374. The Morgan fingerprint density at radius 3 is 2.42 bits per heavy atom. The molecule has 1 heterocycles. The van der Waals surface area contributed by atoms with E-state index in [0.717, 1.165) is 43.7 Å². The van der Waals surface area contributed by atoms with Crippen LogP contribution in [0.2, 0.25) is 0 Å². The molecule has 0 fully saturated rings. The van der Waals surface area contributed by atoms with Crippen molar-refractivity contribution in [2.75, 3.05) is 31.6 Å². The molecule has 3 rings (SSSR count). The molecule has 0 aliphatic rings. The van der Waals surface area contributed by atoms with E-state index >= 15 is 0 Å². The Labute approximate surface area is 198 Å². The predicted octanol–water partition coefficient (Wildman–Crippen LogP) is 3.80. The minimum atomic E-state index is 0.374. The van der Waals surface area contributed by atoms with Crippen LogP contribution in [-0.4, -0.2) is 47.4 Å². The smallest absolute Gasteiger partial charge is 0.191 e. The molecule has 0 spiro atoms. The minimum Gasteiger partial charge on any atom is -0.375 e. The lowest BCUT2D eigenvalue weighted by Gasteiger charge is -2.20. The third-order valence-corrected chi connectivity index (χ3v) is 5.94. The van der Waals surface area contributed by atoms with Crippen LogP contribution in [0.3, 0.4) is 0 Å². The van der Waals surface area contributed by atoms with Gasteiger partial charge in [0, 0.05) is 39.4 Å². The summed E-state index contributed by atoms with van der Waals surface area (Å²) in [6.45, 7) is 9.38. The maximum absolute atomic E-state index is 4.78. The fourth-order valence-corrected chi connectivity index (χ4v) is 3.51. The molecule has 0 radical (unpaired) electrons. The normalized spacial score (nSPS) is 12.5. The van der Waals surface area contributed by atoms with Crippen molar-refractivity contribution < 1.29 is 0 Å². The Kier molecular flexibility index (Phi) is 8.87. The van der Waals surface area contributed by atoms with Gasteiger partial charge in [-0.2, -0.15) is 0 Å². The summed E-state index contributed by atoms with van der Waals surface area (Å²) in [4.78, 5) is 7.05. The second-order valence-electron chi connectivity index (χ2n) is 8.62. The predicted molar refractivity (Wildman–Crippen MR) is 137 cm³/mol. The lowest BCUT2D eigenvalue weighted by molar-refractivity contribution is 0.679. The topological polar surface area (TPSA) is 70.4 Å². The van der Waals surface area contributed by atoms with Gasteiger partial charge in [0.25, 0.3) is 0 Å². The highest BCUT2D eigenvalue weighted by molar-refractivity contribution is 5.79. The monoisotopic (exact) mass is 447 g/mol. The van der Waals surface area contributed by atoms with Crippen LogP contribution in [0.4, 0.5) is 5.69 Å². The highest BCUT2D eigenvalue weighted by Gasteiger charge is 2.09. The molecule has 0 amide bonds. The summed E-state index contributed by atoms with van der Waals surface area (Å²) in [7, 11) is 4.10. The van der Waals surface area contributed by atoms with Crippen LogP contribution in [-0.2, 0) is 13.6 Å². The molecule has 0 bridgehead atoms. The number of anilines is 1. The van der Waals surface area contributed by atoms with Crippen LogP contribution in [0, 0.1) is 13.8 Å². The van der Waals surface area contributed by atoms with Gasteiger partial charge in [-0.25, -0.2) is 4.99 Å². The Balaban J connectivity index is 1.56. The van der Waals surface area contributed by atoms with Crippen LogP contribution in [0.25, 0.3) is 0 Å². The van der Waals surface area contributed by atoms with Crippen molar-refractivity contribution in [3.8, 4) is 0 Å². The first-order chi connectivity index (χ1) is 15.9. The van der Waals surface area contributed by atoms with Crippen molar-refractivity contribution in [1.82, 2.24) is 25.4 Å². The number of benzene rings is 2. The van der Waals surface area contributed by atoms with Crippen molar-refractivity contribution in [1.29, 1.82) is 0 Å². The number of rotatable bonds is 10. The molecule has 2 aromatic carbocycles. The maximum Gasteiger partial charge on any atom is 0.191 e. The summed E-state index contributed by atoms with van der Waals surface area (Å²) in [5.41, 5.74) is 3.83. The molecular weight excluding hydrogens is 410 g/mol. The molecule has 33 heavy (non-hydrogen) atoms. The van der Waals surface area contributed by atoms with E-state index in [1.165, 1.54) is 16.8 Å². The average molecular weight is 448 g/mol. The first-order valence-corrected chi connectivity index (χ1v) is 11.6. The van der Waals surface area contributed by atoms with Crippen LogP contribution in [0.1, 0.15) is 42.0 Å². The number of nitrogens with zero attached hydrogens (tertiary/aromatic N) is 5. The zero-order valence-corrected chi connectivity index (χ0v) is 20.5. The fraction of sp³-hybridized carbons (Fsp3) is 0.423. The number of hydrogen-bond donors (Lipinski definition) is 2. The molecule has 3 aromatic rings. The van der Waals surface area contributed by atoms with E-state index in [0.29, 0.717) is 12.5 Å². The van der Waals surface area contributed by atoms with Crippen molar-refractivity contribution in [2.45, 2.75) is 39.7 Å². The van der Waals surface area contributed by atoms with Crippen LogP contribution in [0.5, 0.6) is 0 Å². The molecule has 0 aliphatic carbocycles. The van der Waals surface area contributed by atoms with Gasteiger partial charge in [-0.05, 0) is 43.9 Å². The summed E-state index contributed by atoms with van der Waals surface area (Å²) < 4.78 is 1.98. The van der Waals surface area contributed by atoms with Gasteiger partial charge in [-0.3, -0.25) is 0 Å². The van der Waals surface area contributed by atoms with Gasteiger partial charge < -0.3 is 20.1 Å². The Morgan fingerprint density at radius 2 is 1.76 bits per heavy atom. The Bertz CT molecular complexity index is 1010. The molecule has 1 atom stereocenters. The molecule has 0 saturated carbocycles. The molecule has 7 nitrogen and oxygen atoms in total. The van der Waals surface area contributed by atoms with Crippen molar-refractivity contribution in [3.63, 3.8) is 0 Å². The number of hydrogen-bond acceptors (Lipinski definition) is 4. The number of para-hydroxylation sites is 1. The van der Waals surface area contributed by atoms with E-state index in [2.05, 4.69) is 95.2 Å². The van der Waals surface area contributed by atoms with Crippen LogP contribution < -0.4 is 15.5 Å². The number of aryl methyl sites for hydroxylation is 2. The molecule has 2 N–H and O–H groups in total. The van der Waals surface area contributed by atoms with E-state index in [9.17, 15) is 0 Å². The first-order valence-electron chi connectivity index (χ1n) is 11.6. The summed E-state index contributed by atoms with van der Waals surface area (Å²) in [5.74, 6) is 2.92. The summed E-state index contributed by atoms with van der Waals surface area (Å²) >= 11 is 0. The lowest BCUT2D eigenvalue weighted by atomic mass is 10.0. The van der Waals surface area contributed by atoms with Gasteiger partial charge in [0.05, 0.1) is 0 Å². The largest absolute Gasteiger partial charge is 0.375 e. The van der Waals surface area contributed by atoms with E-state index in [4.69, 9.17) is 4.99 Å². The number of nitrogens with one attached hydrogen (secondary N) is 2. The van der Waals surface area contributed by atoms with Crippen molar-refractivity contribution in [2.24, 2.45) is 12.0 Å². The van der Waals surface area contributed by atoms with Crippen molar-refractivity contribution >= 4 is 11.6 Å². The third kappa shape index (κ3) is 7.34. The van der Waals surface area contributed by atoms with Crippen molar-refractivity contribution in [3.05, 3.63) is 77.4 Å². The van der Waals surface area contributed by atoms with Gasteiger partial charge in [-0.15, -0.1) is 10.2 Å². The molecule has 0 saturated heterocycles. The summed E-state index contributed by atoms with van der Waals surface area (Å²) in [6, 6.07) is 19.2. The molecule has 7 heteroatoms. The maximum atomic E-state index is 4.78. The summed E-state index contributed by atoms with van der Waals surface area (Å²) in [5, 5.41) is 15.4. The molecule has 176 valence electrons. The third-order valence-electron chi connectivity index (χ3n) is 5.94. The SMILES string of the molecule is Cc1ccc(C(C)CNC(=NCc2nnc(C)n2C)NCCCN(C)c2ccccc2)cc1. The van der Waals surface area contributed by atoms with Gasteiger partial charge in [0.1, 0.15) is 12.4 Å². The highest BCUT2D eigenvalue weighted by atomic mass is 15.3. The Morgan fingerprint density at radius 1 is 1.03 bits per heavy atom. The average Bonchev–Trinajstić information content (AvgIpc) is 3.15. The highest BCUT2D eigenvalue weighted by Crippen LogP contribution is 2.15. The fourth-order valence-electron chi connectivity index (χ4n) is 3.51. The lowest BCUT2D eigenvalue weighted by Crippen LogP contribution is -2.40.